The zero-order valence-electron chi connectivity index (χ0n) is 10.1. The summed E-state index contributed by atoms with van der Waals surface area (Å²) in [5.41, 5.74) is 6.46. The van der Waals surface area contributed by atoms with E-state index in [1.807, 2.05) is 37.3 Å². The Morgan fingerprint density at radius 2 is 1.94 bits per heavy atom. The van der Waals surface area contributed by atoms with E-state index in [1.165, 1.54) is 0 Å². The molecule has 0 amide bonds. The standard InChI is InChI=1S/C12H20N2O2S/c1-11(9-13)10-14-17(15,16)8-7-12-5-3-2-4-6-12/h2-6,11,14H,7-10,13H2,1H3. The van der Waals surface area contributed by atoms with Gasteiger partial charge in [-0.2, -0.15) is 0 Å². The molecule has 4 nitrogen and oxygen atoms in total. The highest BCUT2D eigenvalue weighted by molar-refractivity contribution is 7.89. The van der Waals surface area contributed by atoms with Gasteiger partial charge in [-0.15, -0.1) is 0 Å². The first-order chi connectivity index (χ1) is 8.03. The molecule has 96 valence electrons. The lowest BCUT2D eigenvalue weighted by atomic mass is 10.2. The molecule has 0 aliphatic rings. The second-order valence-electron chi connectivity index (χ2n) is 4.24. The molecule has 0 aliphatic heterocycles. The first kappa shape index (κ1) is 14.2. The Hall–Kier alpha value is -0.910. The van der Waals surface area contributed by atoms with E-state index in [0.29, 0.717) is 19.5 Å². The van der Waals surface area contributed by atoms with Crippen molar-refractivity contribution in [3.63, 3.8) is 0 Å². The molecule has 0 bridgehead atoms. The molecule has 0 radical (unpaired) electrons. The molecule has 0 saturated heterocycles. The van der Waals surface area contributed by atoms with Gasteiger partial charge in [-0.05, 0) is 24.4 Å². The van der Waals surface area contributed by atoms with E-state index in [-0.39, 0.29) is 11.7 Å². The van der Waals surface area contributed by atoms with E-state index < -0.39 is 10.0 Å². The monoisotopic (exact) mass is 256 g/mol. The van der Waals surface area contributed by atoms with Crippen LogP contribution >= 0.6 is 0 Å². The van der Waals surface area contributed by atoms with Gasteiger partial charge >= 0.3 is 0 Å². The van der Waals surface area contributed by atoms with Crippen molar-refractivity contribution < 1.29 is 8.42 Å². The molecule has 0 aliphatic carbocycles. The number of rotatable bonds is 7. The van der Waals surface area contributed by atoms with Crippen molar-refractivity contribution in [2.24, 2.45) is 11.7 Å². The first-order valence-corrected chi connectivity index (χ1v) is 7.40. The fraction of sp³-hybridized carbons (Fsp3) is 0.500. The van der Waals surface area contributed by atoms with E-state index in [1.54, 1.807) is 0 Å². The van der Waals surface area contributed by atoms with Crippen molar-refractivity contribution >= 4 is 10.0 Å². The van der Waals surface area contributed by atoms with Crippen LogP contribution in [-0.2, 0) is 16.4 Å². The van der Waals surface area contributed by atoms with Crippen molar-refractivity contribution in [2.75, 3.05) is 18.8 Å². The maximum atomic E-state index is 11.7. The lowest BCUT2D eigenvalue weighted by Crippen LogP contribution is -2.33. The molecule has 1 rings (SSSR count). The number of sulfonamides is 1. The minimum absolute atomic E-state index is 0.119. The minimum atomic E-state index is -3.19. The van der Waals surface area contributed by atoms with Crippen LogP contribution in [-0.4, -0.2) is 27.3 Å². The van der Waals surface area contributed by atoms with Crippen LogP contribution in [0.5, 0.6) is 0 Å². The first-order valence-electron chi connectivity index (χ1n) is 5.75. The number of hydrogen-bond acceptors (Lipinski definition) is 3. The van der Waals surface area contributed by atoms with Gasteiger partial charge < -0.3 is 5.73 Å². The summed E-state index contributed by atoms with van der Waals surface area (Å²) in [6.45, 7) is 2.81. The van der Waals surface area contributed by atoms with Crippen molar-refractivity contribution in [3.05, 3.63) is 35.9 Å². The topological polar surface area (TPSA) is 72.2 Å². The largest absolute Gasteiger partial charge is 0.330 e. The highest BCUT2D eigenvalue weighted by Gasteiger charge is 2.11. The number of benzene rings is 1. The van der Waals surface area contributed by atoms with Crippen LogP contribution in [0, 0.1) is 5.92 Å². The van der Waals surface area contributed by atoms with Gasteiger partial charge in [0.1, 0.15) is 0 Å². The Kier molecular flexibility index (Phi) is 5.61. The maximum Gasteiger partial charge on any atom is 0.211 e. The van der Waals surface area contributed by atoms with Crippen LogP contribution in [0.1, 0.15) is 12.5 Å². The van der Waals surface area contributed by atoms with Gasteiger partial charge in [0.15, 0.2) is 0 Å². The summed E-state index contributed by atoms with van der Waals surface area (Å²) in [4.78, 5) is 0. The fourth-order valence-corrected chi connectivity index (χ4v) is 2.51. The smallest absolute Gasteiger partial charge is 0.211 e. The summed E-state index contributed by atoms with van der Waals surface area (Å²) in [7, 11) is -3.19. The third kappa shape index (κ3) is 5.81. The van der Waals surface area contributed by atoms with Crippen LogP contribution in [0.2, 0.25) is 0 Å². The van der Waals surface area contributed by atoms with Crippen molar-refractivity contribution in [1.29, 1.82) is 0 Å². The molecule has 0 spiro atoms. The van der Waals surface area contributed by atoms with E-state index in [2.05, 4.69) is 4.72 Å². The second-order valence-corrected chi connectivity index (χ2v) is 6.17. The van der Waals surface area contributed by atoms with E-state index >= 15 is 0 Å². The van der Waals surface area contributed by atoms with Crippen LogP contribution in [0.15, 0.2) is 30.3 Å². The molecule has 1 unspecified atom stereocenters. The van der Waals surface area contributed by atoms with Gasteiger partial charge in [0, 0.05) is 6.54 Å². The summed E-state index contributed by atoms with van der Waals surface area (Å²) in [5.74, 6) is 0.287. The third-order valence-corrected chi connectivity index (χ3v) is 3.90. The van der Waals surface area contributed by atoms with Gasteiger partial charge in [0.05, 0.1) is 5.75 Å². The van der Waals surface area contributed by atoms with Crippen molar-refractivity contribution in [1.82, 2.24) is 4.72 Å². The SMILES string of the molecule is CC(CN)CNS(=O)(=O)CCc1ccccc1. The average Bonchev–Trinajstić information content (AvgIpc) is 2.35. The lowest BCUT2D eigenvalue weighted by Gasteiger charge is -2.10. The zero-order valence-corrected chi connectivity index (χ0v) is 10.9. The number of hydrogen-bond donors (Lipinski definition) is 2. The highest BCUT2D eigenvalue weighted by atomic mass is 32.2. The summed E-state index contributed by atoms with van der Waals surface area (Å²) >= 11 is 0. The Morgan fingerprint density at radius 3 is 2.53 bits per heavy atom. The van der Waals surface area contributed by atoms with Gasteiger partial charge in [-0.25, -0.2) is 13.1 Å². The van der Waals surface area contributed by atoms with Crippen LogP contribution in [0.25, 0.3) is 0 Å². The van der Waals surface area contributed by atoms with Crippen LogP contribution in [0.3, 0.4) is 0 Å². The Morgan fingerprint density at radius 1 is 1.29 bits per heavy atom. The lowest BCUT2D eigenvalue weighted by molar-refractivity contribution is 0.544. The number of aryl methyl sites for hydroxylation is 1. The fourth-order valence-electron chi connectivity index (χ4n) is 1.32. The molecular weight excluding hydrogens is 236 g/mol. The van der Waals surface area contributed by atoms with Crippen LogP contribution in [0.4, 0.5) is 0 Å². The molecular formula is C12H20N2O2S. The molecule has 1 aromatic carbocycles. The zero-order chi connectivity index (χ0) is 12.7. The molecule has 0 heterocycles. The summed E-state index contributed by atoms with van der Waals surface area (Å²) in [5, 5.41) is 0. The number of nitrogens with two attached hydrogens (primary N) is 1. The molecule has 0 fully saturated rings. The second kappa shape index (κ2) is 6.74. The molecule has 17 heavy (non-hydrogen) atoms. The summed E-state index contributed by atoms with van der Waals surface area (Å²) in [6, 6.07) is 9.59. The Labute approximate surface area is 103 Å². The normalized spacial score (nSPS) is 13.5. The maximum absolute atomic E-state index is 11.7. The van der Waals surface area contributed by atoms with E-state index in [4.69, 9.17) is 5.73 Å². The average molecular weight is 256 g/mol. The van der Waals surface area contributed by atoms with Crippen LogP contribution < -0.4 is 10.5 Å². The predicted octanol–water partition coefficient (Wildman–Crippen LogP) is 0.743. The molecule has 1 atom stereocenters. The highest BCUT2D eigenvalue weighted by Crippen LogP contribution is 2.01. The van der Waals surface area contributed by atoms with Gasteiger partial charge in [-0.3, -0.25) is 0 Å². The number of nitrogens with one attached hydrogen (secondary N) is 1. The molecule has 0 aromatic heterocycles. The minimum Gasteiger partial charge on any atom is -0.330 e. The Bertz CT molecular complexity index is 417. The third-order valence-electron chi connectivity index (χ3n) is 2.56. The van der Waals surface area contributed by atoms with Gasteiger partial charge in [0.25, 0.3) is 0 Å². The van der Waals surface area contributed by atoms with E-state index in [9.17, 15) is 8.42 Å². The van der Waals surface area contributed by atoms with E-state index in [0.717, 1.165) is 5.56 Å². The summed E-state index contributed by atoms with van der Waals surface area (Å²) < 4.78 is 25.9. The molecule has 0 saturated carbocycles. The molecule has 1 aromatic rings. The molecule has 3 N–H and O–H groups in total. The van der Waals surface area contributed by atoms with Crippen molar-refractivity contribution in [3.8, 4) is 0 Å². The quantitative estimate of drug-likeness (QED) is 0.756. The summed E-state index contributed by atoms with van der Waals surface area (Å²) in [6.07, 6.45) is 0.535. The molecule has 5 heteroatoms. The predicted molar refractivity (Wildman–Crippen MR) is 70.2 cm³/mol. The van der Waals surface area contributed by atoms with Gasteiger partial charge in [-0.1, -0.05) is 37.3 Å². The van der Waals surface area contributed by atoms with Crippen molar-refractivity contribution in [2.45, 2.75) is 13.3 Å². The Balaban J connectivity index is 2.40. The van der Waals surface area contributed by atoms with Gasteiger partial charge in [0.2, 0.25) is 10.0 Å².